The molecule has 5 heteroatoms. The quantitative estimate of drug-likeness (QED) is 0.928. The summed E-state index contributed by atoms with van der Waals surface area (Å²) in [5, 5.41) is 0. The van der Waals surface area contributed by atoms with Crippen molar-refractivity contribution in [2.75, 3.05) is 13.1 Å². The van der Waals surface area contributed by atoms with Crippen LogP contribution in [0.15, 0.2) is 16.5 Å². The van der Waals surface area contributed by atoms with Crippen molar-refractivity contribution in [3.05, 3.63) is 23.7 Å². The molecule has 1 aromatic heterocycles. The second-order valence-corrected chi connectivity index (χ2v) is 5.04. The van der Waals surface area contributed by atoms with Crippen molar-refractivity contribution in [3.63, 3.8) is 0 Å². The van der Waals surface area contributed by atoms with Gasteiger partial charge in [0.1, 0.15) is 5.76 Å². The van der Waals surface area contributed by atoms with E-state index in [1.54, 1.807) is 6.07 Å². The molecule has 0 aliphatic carbocycles. The van der Waals surface area contributed by atoms with E-state index in [1.165, 1.54) is 0 Å². The average molecular weight is 287 g/mol. The zero-order valence-corrected chi connectivity index (χ0v) is 12.4. The van der Waals surface area contributed by atoms with Crippen LogP contribution < -0.4 is 5.73 Å². The lowest BCUT2D eigenvalue weighted by Gasteiger charge is -2.38. The summed E-state index contributed by atoms with van der Waals surface area (Å²) in [6.07, 6.45) is 3.00. The molecule has 0 radical (unpaired) electrons. The Bertz CT molecular complexity index is 419. The zero-order chi connectivity index (χ0) is 13.1. The summed E-state index contributed by atoms with van der Waals surface area (Å²) in [4.78, 5) is 14.3. The van der Waals surface area contributed by atoms with Crippen LogP contribution in [0.2, 0.25) is 0 Å². The number of nitrogens with zero attached hydrogens (tertiary/aromatic N) is 1. The second kappa shape index (κ2) is 6.96. The maximum atomic E-state index is 12.4. The number of nitrogens with two attached hydrogens (primary N) is 1. The Hall–Kier alpha value is -1.00. The van der Waals surface area contributed by atoms with Gasteiger partial charge in [0.2, 0.25) is 0 Å². The third kappa shape index (κ3) is 3.31. The maximum Gasteiger partial charge on any atom is 0.289 e. The number of hydrogen-bond acceptors (Lipinski definition) is 3. The van der Waals surface area contributed by atoms with Crippen molar-refractivity contribution in [3.8, 4) is 0 Å². The summed E-state index contributed by atoms with van der Waals surface area (Å²) >= 11 is 0. The van der Waals surface area contributed by atoms with Crippen molar-refractivity contribution >= 4 is 18.3 Å². The van der Waals surface area contributed by atoms with E-state index in [4.69, 9.17) is 10.2 Å². The molecular weight excluding hydrogens is 264 g/mol. The van der Waals surface area contributed by atoms with E-state index in [0.29, 0.717) is 18.2 Å². The van der Waals surface area contributed by atoms with Crippen molar-refractivity contribution in [1.29, 1.82) is 0 Å². The molecule has 0 aromatic carbocycles. The van der Waals surface area contributed by atoms with Gasteiger partial charge < -0.3 is 15.1 Å². The SMILES string of the molecule is CCc1ccc(C(=O)N2CCCC(C)C2CN)o1.Cl. The van der Waals surface area contributed by atoms with Gasteiger partial charge in [-0.1, -0.05) is 13.8 Å². The highest BCUT2D eigenvalue weighted by Crippen LogP contribution is 2.24. The first kappa shape index (κ1) is 16.1. The van der Waals surface area contributed by atoms with Gasteiger partial charge >= 0.3 is 0 Å². The topological polar surface area (TPSA) is 59.5 Å². The number of furan rings is 1. The first-order valence-corrected chi connectivity index (χ1v) is 6.77. The normalized spacial score (nSPS) is 23.0. The summed E-state index contributed by atoms with van der Waals surface area (Å²) in [6, 6.07) is 3.79. The predicted octanol–water partition coefficient (Wildman–Crippen LogP) is 2.46. The van der Waals surface area contributed by atoms with Crippen LogP contribution in [0.3, 0.4) is 0 Å². The van der Waals surface area contributed by atoms with E-state index in [9.17, 15) is 4.79 Å². The van der Waals surface area contributed by atoms with Crippen LogP contribution in [0.5, 0.6) is 0 Å². The van der Waals surface area contributed by atoms with E-state index in [2.05, 4.69) is 6.92 Å². The highest BCUT2D eigenvalue weighted by molar-refractivity contribution is 5.91. The number of piperidine rings is 1. The molecular formula is C14H23ClN2O2. The first-order chi connectivity index (χ1) is 8.67. The summed E-state index contributed by atoms with van der Waals surface area (Å²) in [7, 11) is 0. The number of aryl methyl sites for hydroxylation is 1. The molecule has 1 aromatic rings. The van der Waals surface area contributed by atoms with Crippen molar-refractivity contribution in [2.45, 2.75) is 39.2 Å². The molecule has 2 unspecified atom stereocenters. The van der Waals surface area contributed by atoms with Gasteiger partial charge in [0.25, 0.3) is 5.91 Å². The van der Waals surface area contributed by atoms with Crippen LogP contribution in [0.25, 0.3) is 0 Å². The Morgan fingerprint density at radius 1 is 1.53 bits per heavy atom. The molecule has 1 amide bonds. The third-order valence-corrected chi connectivity index (χ3v) is 3.84. The molecule has 1 fully saturated rings. The molecule has 1 aliphatic heterocycles. The van der Waals surface area contributed by atoms with E-state index < -0.39 is 0 Å². The van der Waals surface area contributed by atoms with Crippen molar-refractivity contribution in [1.82, 2.24) is 4.90 Å². The standard InChI is InChI=1S/C14H22N2O2.ClH/c1-3-11-6-7-13(18-11)14(17)16-8-4-5-10(2)12(16)9-15;/h6-7,10,12H,3-5,8-9,15H2,1-2H3;1H. The molecule has 4 nitrogen and oxygen atoms in total. The minimum Gasteiger partial charge on any atom is -0.456 e. The average Bonchev–Trinajstić information content (AvgIpc) is 2.86. The Kier molecular flexibility index (Phi) is 5.88. The lowest BCUT2D eigenvalue weighted by molar-refractivity contribution is 0.0499. The number of hydrogen-bond donors (Lipinski definition) is 1. The Labute approximate surface area is 120 Å². The molecule has 19 heavy (non-hydrogen) atoms. The van der Waals surface area contributed by atoms with Gasteiger partial charge in [-0.3, -0.25) is 4.79 Å². The molecule has 1 aliphatic rings. The van der Waals surface area contributed by atoms with E-state index >= 15 is 0 Å². The highest BCUT2D eigenvalue weighted by Gasteiger charge is 2.32. The van der Waals surface area contributed by atoms with Crippen LogP contribution in [-0.2, 0) is 6.42 Å². The molecule has 2 rings (SSSR count). The smallest absolute Gasteiger partial charge is 0.289 e. The van der Waals surface area contributed by atoms with Crippen molar-refractivity contribution in [2.24, 2.45) is 11.7 Å². The Balaban J connectivity index is 0.00000180. The monoisotopic (exact) mass is 286 g/mol. The molecule has 1 saturated heterocycles. The largest absolute Gasteiger partial charge is 0.456 e. The number of amides is 1. The van der Waals surface area contributed by atoms with Gasteiger partial charge in [0, 0.05) is 25.6 Å². The van der Waals surface area contributed by atoms with Gasteiger partial charge in [-0.05, 0) is 30.9 Å². The first-order valence-electron chi connectivity index (χ1n) is 6.77. The minimum absolute atomic E-state index is 0. The van der Waals surface area contributed by atoms with E-state index in [-0.39, 0.29) is 24.4 Å². The Morgan fingerprint density at radius 3 is 2.84 bits per heavy atom. The Morgan fingerprint density at radius 2 is 2.26 bits per heavy atom. The fourth-order valence-corrected chi connectivity index (χ4v) is 2.69. The lowest BCUT2D eigenvalue weighted by Crippen LogP contribution is -2.51. The zero-order valence-electron chi connectivity index (χ0n) is 11.6. The highest BCUT2D eigenvalue weighted by atomic mass is 35.5. The van der Waals surface area contributed by atoms with Crippen molar-refractivity contribution < 1.29 is 9.21 Å². The van der Waals surface area contributed by atoms with Gasteiger partial charge in [-0.25, -0.2) is 0 Å². The second-order valence-electron chi connectivity index (χ2n) is 5.04. The molecule has 0 spiro atoms. The number of halogens is 1. The number of rotatable bonds is 3. The lowest BCUT2D eigenvalue weighted by atomic mass is 9.90. The molecule has 2 N–H and O–H groups in total. The summed E-state index contributed by atoms with van der Waals surface area (Å²) < 4.78 is 5.54. The molecule has 0 saturated carbocycles. The molecule has 108 valence electrons. The number of carbonyl (C=O) groups is 1. The van der Waals surface area contributed by atoms with Crippen LogP contribution >= 0.6 is 12.4 Å². The summed E-state index contributed by atoms with van der Waals surface area (Å²) in [5.41, 5.74) is 5.81. The van der Waals surface area contributed by atoms with Crippen LogP contribution in [-0.4, -0.2) is 29.9 Å². The summed E-state index contributed by atoms with van der Waals surface area (Å²) in [5.74, 6) is 1.75. The van der Waals surface area contributed by atoms with Crippen LogP contribution in [0.4, 0.5) is 0 Å². The number of carbonyl (C=O) groups excluding carboxylic acids is 1. The maximum absolute atomic E-state index is 12.4. The fourth-order valence-electron chi connectivity index (χ4n) is 2.69. The predicted molar refractivity (Wildman–Crippen MR) is 77.6 cm³/mol. The van der Waals surface area contributed by atoms with Gasteiger partial charge in [0.05, 0.1) is 0 Å². The van der Waals surface area contributed by atoms with Gasteiger partial charge in [0.15, 0.2) is 5.76 Å². The van der Waals surface area contributed by atoms with Crippen LogP contribution in [0.1, 0.15) is 43.0 Å². The molecule has 0 bridgehead atoms. The minimum atomic E-state index is -0.0169. The van der Waals surface area contributed by atoms with Gasteiger partial charge in [-0.15, -0.1) is 12.4 Å². The van der Waals surface area contributed by atoms with E-state index in [0.717, 1.165) is 31.6 Å². The van der Waals surface area contributed by atoms with E-state index in [1.807, 2.05) is 17.9 Å². The fraction of sp³-hybridized carbons (Fsp3) is 0.643. The number of likely N-dealkylation sites (tertiary alicyclic amines) is 1. The summed E-state index contributed by atoms with van der Waals surface area (Å²) in [6.45, 7) is 5.48. The molecule has 2 atom stereocenters. The van der Waals surface area contributed by atoms with Crippen LogP contribution in [0, 0.1) is 5.92 Å². The van der Waals surface area contributed by atoms with Gasteiger partial charge in [-0.2, -0.15) is 0 Å². The molecule has 2 heterocycles. The third-order valence-electron chi connectivity index (χ3n) is 3.84.